The van der Waals surface area contributed by atoms with Crippen molar-refractivity contribution in [1.82, 2.24) is 0 Å². The molecular formula is C18H20N2O4. The molecule has 6 nitrogen and oxygen atoms in total. The molecule has 0 aromatic heterocycles. The number of amides is 1. The van der Waals surface area contributed by atoms with E-state index in [2.05, 4.69) is 5.32 Å². The molecule has 2 rings (SSSR count). The summed E-state index contributed by atoms with van der Waals surface area (Å²) in [6, 6.07) is 11.5. The first-order chi connectivity index (χ1) is 11.3. The fourth-order valence-electron chi connectivity index (χ4n) is 2.33. The van der Waals surface area contributed by atoms with E-state index in [1.807, 2.05) is 19.1 Å². The van der Waals surface area contributed by atoms with E-state index < -0.39 is 10.3 Å². The van der Waals surface area contributed by atoms with Crippen molar-refractivity contribution in [3.05, 3.63) is 63.7 Å². The Kier molecular flexibility index (Phi) is 4.87. The van der Waals surface area contributed by atoms with Crippen molar-refractivity contribution in [3.63, 3.8) is 0 Å². The second-order valence-electron chi connectivity index (χ2n) is 6.09. The number of nitro benzene ring substituents is 1. The van der Waals surface area contributed by atoms with E-state index in [1.165, 1.54) is 12.1 Å². The predicted molar refractivity (Wildman–Crippen MR) is 92.5 cm³/mol. The maximum Gasteiger partial charge on any atom is 0.269 e. The smallest absolute Gasteiger partial charge is 0.269 e. The molecule has 126 valence electrons. The van der Waals surface area contributed by atoms with E-state index >= 15 is 0 Å². The first-order valence-corrected chi connectivity index (χ1v) is 7.46. The van der Waals surface area contributed by atoms with Crippen molar-refractivity contribution >= 4 is 17.3 Å². The van der Waals surface area contributed by atoms with Gasteiger partial charge in [0.2, 0.25) is 5.91 Å². The number of aryl methyl sites for hydroxylation is 1. The summed E-state index contributed by atoms with van der Waals surface area (Å²) in [4.78, 5) is 23.0. The molecule has 0 unspecified atom stereocenters. The third-order valence-corrected chi connectivity index (χ3v) is 3.97. The number of carbonyl (C=O) groups excluding carboxylic acids is 1. The Morgan fingerprint density at radius 1 is 1.17 bits per heavy atom. The van der Waals surface area contributed by atoms with Crippen molar-refractivity contribution in [1.29, 1.82) is 0 Å². The van der Waals surface area contributed by atoms with Gasteiger partial charge in [-0.3, -0.25) is 14.9 Å². The van der Waals surface area contributed by atoms with Crippen LogP contribution in [0.25, 0.3) is 0 Å². The lowest BCUT2D eigenvalue weighted by atomic mass is 9.83. The number of carbonyl (C=O) groups is 1. The summed E-state index contributed by atoms with van der Waals surface area (Å²) in [5.41, 5.74) is 1.42. The Morgan fingerprint density at radius 3 is 2.33 bits per heavy atom. The summed E-state index contributed by atoms with van der Waals surface area (Å²) in [6.07, 6.45) is 0. The standard InChI is InChI=1S/C18H20N2O4/c1-12-5-10-16(24-4)15(11-12)19-17(21)18(2,3)13-6-8-14(9-7-13)20(22)23/h5-11H,1-4H3,(H,19,21). The lowest BCUT2D eigenvalue weighted by molar-refractivity contribution is -0.384. The van der Waals surface area contributed by atoms with Crippen LogP contribution in [-0.2, 0) is 10.2 Å². The summed E-state index contributed by atoms with van der Waals surface area (Å²) >= 11 is 0. The van der Waals surface area contributed by atoms with Crippen LogP contribution >= 0.6 is 0 Å². The topological polar surface area (TPSA) is 81.5 Å². The molecule has 0 saturated heterocycles. The van der Waals surface area contributed by atoms with Gasteiger partial charge >= 0.3 is 0 Å². The van der Waals surface area contributed by atoms with Crippen molar-refractivity contribution in [2.45, 2.75) is 26.2 Å². The van der Waals surface area contributed by atoms with Gasteiger partial charge in [0.05, 0.1) is 23.1 Å². The summed E-state index contributed by atoms with van der Waals surface area (Å²) in [6.45, 7) is 5.47. The van der Waals surface area contributed by atoms with Gasteiger partial charge in [-0.2, -0.15) is 0 Å². The Morgan fingerprint density at radius 2 is 1.79 bits per heavy atom. The highest BCUT2D eigenvalue weighted by Gasteiger charge is 2.30. The maximum absolute atomic E-state index is 12.7. The number of nitrogens with one attached hydrogen (secondary N) is 1. The van der Waals surface area contributed by atoms with E-state index in [-0.39, 0.29) is 11.6 Å². The van der Waals surface area contributed by atoms with Crippen molar-refractivity contribution < 1.29 is 14.5 Å². The second kappa shape index (κ2) is 6.70. The summed E-state index contributed by atoms with van der Waals surface area (Å²) in [7, 11) is 1.54. The quantitative estimate of drug-likeness (QED) is 0.668. The molecule has 2 aromatic rings. The van der Waals surface area contributed by atoms with Crippen LogP contribution in [0.1, 0.15) is 25.0 Å². The zero-order chi connectivity index (χ0) is 17.9. The molecule has 24 heavy (non-hydrogen) atoms. The minimum Gasteiger partial charge on any atom is -0.495 e. The van der Waals surface area contributed by atoms with E-state index in [9.17, 15) is 14.9 Å². The fourth-order valence-corrected chi connectivity index (χ4v) is 2.33. The van der Waals surface area contributed by atoms with Gasteiger partial charge < -0.3 is 10.1 Å². The van der Waals surface area contributed by atoms with Crippen LogP contribution in [0.15, 0.2) is 42.5 Å². The molecule has 0 atom stereocenters. The first-order valence-electron chi connectivity index (χ1n) is 7.46. The largest absolute Gasteiger partial charge is 0.495 e. The number of non-ortho nitro benzene ring substituents is 1. The van der Waals surface area contributed by atoms with Crippen LogP contribution in [0.4, 0.5) is 11.4 Å². The van der Waals surface area contributed by atoms with Gasteiger partial charge in [0.25, 0.3) is 5.69 Å². The monoisotopic (exact) mass is 328 g/mol. The van der Waals surface area contributed by atoms with Gasteiger partial charge in [-0.15, -0.1) is 0 Å². The second-order valence-corrected chi connectivity index (χ2v) is 6.09. The third kappa shape index (κ3) is 3.53. The normalized spacial score (nSPS) is 11.0. The molecule has 2 aromatic carbocycles. The molecule has 0 aliphatic rings. The van der Waals surface area contributed by atoms with Gasteiger partial charge in [-0.25, -0.2) is 0 Å². The van der Waals surface area contributed by atoms with Crippen LogP contribution in [0.2, 0.25) is 0 Å². The number of benzene rings is 2. The Bertz CT molecular complexity index is 767. The lowest BCUT2D eigenvalue weighted by Crippen LogP contribution is -2.34. The number of ether oxygens (including phenoxy) is 1. The molecule has 0 spiro atoms. The Hall–Kier alpha value is -2.89. The SMILES string of the molecule is COc1ccc(C)cc1NC(=O)C(C)(C)c1ccc([N+](=O)[O-])cc1. The molecule has 0 bridgehead atoms. The Labute approximate surface area is 140 Å². The van der Waals surface area contributed by atoms with E-state index in [4.69, 9.17) is 4.74 Å². The van der Waals surface area contributed by atoms with Crippen molar-refractivity contribution in [2.24, 2.45) is 0 Å². The minimum atomic E-state index is -0.857. The zero-order valence-corrected chi connectivity index (χ0v) is 14.1. The minimum absolute atomic E-state index is 0.00434. The van der Waals surface area contributed by atoms with Gasteiger partial charge in [0.1, 0.15) is 5.75 Å². The predicted octanol–water partition coefficient (Wildman–Crippen LogP) is 3.83. The molecular weight excluding hydrogens is 308 g/mol. The molecule has 0 saturated carbocycles. The van der Waals surface area contributed by atoms with Crippen LogP contribution in [-0.4, -0.2) is 17.9 Å². The highest BCUT2D eigenvalue weighted by Crippen LogP contribution is 2.30. The molecule has 1 N–H and O–H groups in total. The van der Waals surface area contributed by atoms with Crippen molar-refractivity contribution in [2.75, 3.05) is 12.4 Å². The molecule has 0 fully saturated rings. The van der Waals surface area contributed by atoms with E-state index in [1.54, 1.807) is 39.2 Å². The van der Waals surface area contributed by atoms with E-state index in [0.29, 0.717) is 17.0 Å². The number of nitrogens with zero attached hydrogens (tertiary/aromatic N) is 1. The average molecular weight is 328 g/mol. The third-order valence-electron chi connectivity index (χ3n) is 3.97. The van der Waals surface area contributed by atoms with Crippen LogP contribution in [0.3, 0.4) is 0 Å². The van der Waals surface area contributed by atoms with Crippen molar-refractivity contribution in [3.8, 4) is 5.75 Å². The number of methoxy groups -OCH3 is 1. The van der Waals surface area contributed by atoms with Crippen LogP contribution in [0, 0.1) is 17.0 Å². The van der Waals surface area contributed by atoms with E-state index in [0.717, 1.165) is 5.56 Å². The highest BCUT2D eigenvalue weighted by molar-refractivity contribution is 5.99. The molecule has 0 aliphatic carbocycles. The molecule has 0 radical (unpaired) electrons. The zero-order valence-electron chi connectivity index (χ0n) is 14.1. The number of anilines is 1. The maximum atomic E-state index is 12.7. The fraction of sp³-hybridized carbons (Fsp3) is 0.278. The molecule has 6 heteroatoms. The Balaban J connectivity index is 2.27. The molecule has 1 amide bonds. The summed E-state index contributed by atoms with van der Waals surface area (Å²) in [5.74, 6) is 0.355. The summed E-state index contributed by atoms with van der Waals surface area (Å²) < 4.78 is 5.27. The number of nitro groups is 1. The average Bonchev–Trinajstić information content (AvgIpc) is 2.55. The number of hydrogen-bond donors (Lipinski definition) is 1. The van der Waals surface area contributed by atoms with Gasteiger partial charge in [-0.1, -0.05) is 18.2 Å². The van der Waals surface area contributed by atoms with Crippen LogP contribution in [0.5, 0.6) is 5.75 Å². The highest BCUT2D eigenvalue weighted by atomic mass is 16.6. The first kappa shape index (κ1) is 17.5. The van der Waals surface area contributed by atoms with Gasteiger partial charge in [0, 0.05) is 12.1 Å². The number of rotatable bonds is 5. The number of hydrogen-bond acceptors (Lipinski definition) is 4. The summed E-state index contributed by atoms with van der Waals surface area (Å²) in [5, 5.41) is 13.6. The lowest BCUT2D eigenvalue weighted by Gasteiger charge is -2.24. The molecule has 0 heterocycles. The van der Waals surface area contributed by atoms with Gasteiger partial charge in [-0.05, 0) is 44.0 Å². The van der Waals surface area contributed by atoms with Gasteiger partial charge in [0.15, 0.2) is 0 Å². The molecule has 0 aliphatic heterocycles. The van der Waals surface area contributed by atoms with Crippen LogP contribution < -0.4 is 10.1 Å².